The van der Waals surface area contributed by atoms with Gasteiger partial charge in [-0.2, -0.15) is 0 Å². The molecule has 0 bridgehead atoms. The minimum absolute atomic E-state index is 0.0499. The van der Waals surface area contributed by atoms with Gasteiger partial charge in [-0.25, -0.2) is 8.78 Å². The van der Waals surface area contributed by atoms with Crippen LogP contribution in [0.15, 0.2) is 12.1 Å². The lowest BCUT2D eigenvalue weighted by molar-refractivity contribution is -0.147. The Morgan fingerprint density at radius 2 is 1.95 bits per heavy atom. The van der Waals surface area contributed by atoms with Crippen molar-refractivity contribution in [3.63, 3.8) is 0 Å². The largest absolute Gasteiger partial charge is 0.493 e. The summed E-state index contributed by atoms with van der Waals surface area (Å²) in [6.45, 7) is 0. The summed E-state index contributed by atoms with van der Waals surface area (Å²) < 4.78 is 36.3. The fourth-order valence-electron chi connectivity index (χ4n) is 2.59. The van der Waals surface area contributed by atoms with Crippen LogP contribution in [0.5, 0.6) is 11.5 Å². The van der Waals surface area contributed by atoms with Gasteiger partial charge in [-0.15, -0.1) is 0 Å². The molecule has 0 unspecified atom stereocenters. The molecular weight excluding hydrogens is 270 g/mol. The molecule has 0 heterocycles. The summed E-state index contributed by atoms with van der Waals surface area (Å²) >= 11 is 0. The highest BCUT2D eigenvalue weighted by Crippen LogP contribution is 2.48. The van der Waals surface area contributed by atoms with Crippen molar-refractivity contribution < 1.29 is 28.2 Å². The summed E-state index contributed by atoms with van der Waals surface area (Å²) in [6, 6.07) is 2.71. The lowest BCUT2D eigenvalue weighted by Crippen LogP contribution is -2.42. The Hall–Kier alpha value is -1.85. The highest BCUT2D eigenvalue weighted by atomic mass is 19.3. The van der Waals surface area contributed by atoms with E-state index in [9.17, 15) is 18.7 Å². The van der Waals surface area contributed by atoms with E-state index in [4.69, 9.17) is 9.47 Å². The monoisotopic (exact) mass is 286 g/mol. The molecule has 110 valence electrons. The maximum Gasteiger partial charge on any atom is 0.314 e. The molecule has 0 aromatic heterocycles. The van der Waals surface area contributed by atoms with E-state index in [0.717, 1.165) is 6.42 Å². The zero-order valence-electron chi connectivity index (χ0n) is 11.3. The predicted octanol–water partition coefficient (Wildman–Crippen LogP) is 3.15. The Kier molecular flexibility index (Phi) is 3.83. The van der Waals surface area contributed by atoms with Crippen LogP contribution in [-0.4, -0.2) is 25.3 Å². The first-order chi connectivity index (χ1) is 9.46. The van der Waals surface area contributed by atoms with Gasteiger partial charge in [0, 0.05) is 0 Å². The lowest BCUT2D eigenvalue weighted by Gasteiger charge is -2.38. The highest BCUT2D eigenvalue weighted by Gasteiger charge is 2.46. The second-order valence-electron chi connectivity index (χ2n) is 4.84. The number of carboxylic acid groups (broad SMARTS) is 1. The van der Waals surface area contributed by atoms with E-state index in [1.54, 1.807) is 0 Å². The van der Waals surface area contributed by atoms with Crippen molar-refractivity contribution in [2.75, 3.05) is 14.2 Å². The SMILES string of the molecule is COc1cc(C2(C(=O)O)CCC2)cc(C(F)F)c1OC. The minimum Gasteiger partial charge on any atom is -0.493 e. The normalized spacial score (nSPS) is 16.6. The maximum atomic E-state index is 13.1. The predicted molar refractivity (Wildman–Crippen MR) is 67.7 cm³/mol. The van der Waals surface area contributed by atoms with Gasteiger partial charge < -0.3 is 14.6 Å². The van der Waals surface area contributed by atoms with Crippen LogP contribution >= 0.6 is 0 Å². The second-order valence-corrected chi connectivity index (χ2v) is 4.84. The maximum absolute atomic E-state index is 13.1. The Morgan fingerprint density at radius 3 is 2.30 bits per heavy atom. The first kappa shape index (κ1) is 14.6. The molecule has 0 saturated heterocycles. The number of rotatable bonds is 5. The van der Waals surface area contributed by atoms with Crippen LogP contribution in [0.3, 0.4) is 0 Å². The van der Waals surface area contributed by atoms with Crippen LogP contribution in [0, 0.1) is 0 Å². The fraction of sp³-hybridized carbons (Fsp3) is 0.500. The molecule has 1 saturated carbocycles. The topological polar surface area (TPSA) is 55.8 Å². The molecule has 1 fully saturated rings. The Morgan fingerprint density at radius 1 is 1.30 bits per heavy atom. The van der Waals surface area contributed by atoms with Crippen LogP contribution in [0.2, 0.25) is 0 Å². The van der Waals surface area contributed by atoms with E-state index < -0.39 is 17.8 Å². The third-order valence-electron chi connectivity index (χ3n) is 3.91. The molecule has 4 nitrogen and oxygen atoms in total. The molecular formula is C14H16F2O4. The first-order valence-electron chi connectivity index (χ1n) is 6.24. The quantitative estimate of drug-likeness (QED) is 0.903. The van der Waals surface area contributed by atoms with Gasteiger partial charge in [0.25, 0.3) is 6.43 Å². The van der Waals surface area contributed by atoms with Gasteiger partial charge in [-0.3, -0.25) is 4.79 Å². The zero-order chi connectivity index (χ0) is 14.9. The van der Waals surface area contributed by atoms with Crippen LogP contribution in [0.4, 0.5) is 8.78 Å². The van der Waals surface area contributed by atoms with Gasteiger partial charge in [0.05, 0.1) is 25.2 Å². The Bertz CT molecular complexity index is 524. The number of methoxy groups -OCH3 is 2. The smallest absolute Gasteiger partial charge is 0.314 e. The molecule has 1 aliphatic rings. The van der Waals surface area contributed by atoms with Crippen molar-refractivity contribution in [2.24, 2.45) is 0 Å². The first-order valence-corrected chi connectivity index (χ1v) is 6.24. The standard InChI is InChI=1S/C14H16F2O4/c1-19-10-7-8(14(13(17)18)4-3-5-14)6-9(12(15)16)11(10)20-2/h6-7,12H,3-5H2,1-2H3,(H,17,18). The molecule has 0 radical (unpaired) electrons. The lowest BCUT2D eigenvalue weighted by atomic mass is 9.64. The van der Waals surface area contributed by atoms with E-state index in [2.05, 4.69) is 0 Å². The van der Waals surface area contributed by atoms with Gasteiger partial charge in [0.15, 0.2) is 11.5 Å². The van der Waals surface area contributed by atoms with E-state index in [1.807, 2.05) is 0 Å². The molecule has 1 aromatic rings. The number of benzene rings is 1. The van der Waals surface area contributed by atoms with Crippen LogP contribution < -0.4 is 9.47 Å². The number of alkyl halides is 2. The number of aliphatic carboxylic acids is 1. The summed E-state index contributed by atoms with van der Waals surface area (Å²) in [5.74, 6) is -0.907. The van der Waals surface area contributed by atoms with Crippen LogP contribution in [0.1, 0.15) is 36.8 Å². The average molecular weight is 286 g/mol. The molecule has 0 atom stereocenters. The van der Waals surface area contributed by atoms with Gasteiger partial charge >= 0.3 is 5.97 Å². The average Bonchev–Trinajstić information content (AvgIpc) is 2.35. The number of hydrogen-bond donors (Lipinski definition) is 1. The van der Waals surface area contributed by atoms with Crippen LogP contribution in [0.25, 0.3) is 0 Å². The van der Waals surface area contributed by atoms with Crippen LogP contribution in [-0.2, 0) is 10.2 Å². The molecule has 1 N–H and O–H groups in total. The van der Waals surface area contributed by atoms with Crippen molar-refractivity contribution in [1.29, 1.82) is 0 Å². The summed E-state index contributed by atoms with van der Waals surface area (Å²) in [5.41, 5.74) is -1.07. The van der Waals surface area contributed by atoms with Gasteiger partial charge in [0.2, 0.25) is 0 Å². The van der Waals surface area contributed by atoms with E-state index in [-0.39, 0.29) is 17.1 Å². The molecule has 6 heteroatoms. The number of carboxylic acids is 1. The van der Waals surface area contributed by atoms with Crippen molar-refractivity contribution in [3.05, 3.63) is 23.3 Å². The summed E-state index contributed by atoms with van der Waals surface area (Å²) in [6.07, 6.45) is -1.10. The van der Waals surface area contributed by atoms with Crippen molar-refractivity contribution >= 4 is 5.97 Å². The molecule has 0 spiro atoms. The highest BCUT2D eigenvalue weighted by molar-refractivity contribution is 5.83. The number of hydrogen-bond acceptors (Lipinski definition) is 3. The Balaban J connectivity index is 2.60. The second kappa shape index (κ2) is 5.26. The summed E-state index contributed by atoms with van der Waals surface area (Å²) in [5, 5.41) is 9.40. The molecule has 1 aromatic carbocycles. The van der Waals surface area contributed by atoms with Crippen molar-refractivity contribution in [3.8, 4) is 11.5 Å². The summed E-state index contributed by atoms with van der Waals surface area (Å²) in [7, 11) is 2.62. The fourth-order valence-corrected chi connectivity index (χ4v) is 2.59. The minimum atomic E-state index is -2.76. The van der Waals surface area contributed by atoms with Crippen molar-refractivity contribution in [2.45, 2.75) is 31.1 Å². The van der Waals surface area contributed by atoms with Crippen molar-refractivity contribution in [1.82, 2.24) is 0 Å². The van der Waals surface area contributed by atoms with Gasteiger partial charge in [-0.05, 0) is 30.5 Å². The Labute approximate surface area is 115 Å². The molecule has 1 aliphatic carbocycles. The van der Waals surface area contributed by atoms with E-state index in [0.29, 0.717) is 18.4 Å². The molecule has 0 aliphatic heterocycles. The third-order valence-corrected chi connectivity index (χ3v) is 3.91. The van der Waals surface area contributed by atoms with Gasteiger partial charge in [-0.1, -0.05) is 6.42 Å². The molecule has 2 rings (SSSR count). The zero-order valence-corrected chi connectivity index (χ0v) is 11.3. The van der Waals surface area contributed by atoms with Gasteiger partial charge in [0.1, 0.15) is 0 Å². The van der Waals surface area contributed by atoms with E-state index in [1.165, 1.54) is 26.4 Å². The number of ether oxygens (including phenoxy) is 2. The number of carbonyl (C=O) groups is 1. The third kappa shape index (κ3) is 2.09. The molecule has 0 amide bonds. The molecule has 20 heavy (non-hydrogen) atoms. The summed E-state index contributed by atoms with van der Waals surface area (Å²) in [4.78, 5) is 11.5. The number of halogens is 2. The van der Waals surface area contributed by atoms with E-state index >= 15 is 0 Å².